The topological polar surface area (TPSA) is 55.8 Å². The molecule has 0 saturated carbocycles. The molecule has 4 rings (SSSR count). The van der Waals surface area contributed by atoms with Crippen LogP contribution in [0.1, 0.15) is 12.0 Å². The van der Waals surface area contributed by atoms with E-state index in [0.717, 1.165) is 5.56 Å². The van der Waals surface area contributed by atoms with Crippen molar-refractivity contribution < 1.29 is 19.1 Å². The molecular weight excluding hydrogens is 422 g/mol. The smallest absolute Gasteiger partial charge is 0.323 e. The van der Waals surface area contributed by atoms with E-state index >= 15 is 0 Å². The Balaban J connectivity index is 1.40. The molecule has 32 heavy (non-hydrogen) atoms. The molecule has 164 valence electrons. The number of cyclic esters (lactones) is 1. The van der Waals surface area contributed by atoms with Crippen LogP contribution in [0, 0.1) is 0 Å². The summed E-state index contributed by atoms with van der Waals surface area (Å²) >= 11 is 0. The Kier molecular flexibility index (Phi) is 7.24. The Morgan fingerprint density at radius 2 is 1.50 bits per heavy atom. The number of ether oxygens (including phenoxy) is 2. The van der Waals surface area contributed by atoms with E-state index in [1.54, 1.807) is 11.9 Å². The van der Waals surface area contributed by atoms with Crippen molar-refractivity contribution in [3.05, 3.63) is 90.5 Å². The maximum atomic E-state index is 12.2. The molecule has 0 aromatic heterocycles. The fraction of sp³-hybridized carbons (Fsp3) is 0.231. The zero-order valence-electron chi connectivity index (χ0n) is 18.0. The minimum absolute atomic E-state index is 0.0589. The van der Waals surface area contributed by atoms with Gasteiger partial charge in [0.15, 0.2) is 14.7 Å². The molecule has 3 aromatic rings. The van der Waals surface area contributed by atoms with Gasteiger partial charge in [-0.2, -0.15) is 0 Å². The first kappa shape index (κ1) is 22.1. The van der Waals surface area contributed by atoms with Gasteiger partial charge < -0.3 is 9.47 Å². The number of carbonyl (C=O) groups is 2. The third-order valence-electron chi connectivity index (χ3n) is 5.33. The lowest BCUT2D eigenvalue weighted by molar-refractivity contribution is -0.148. The number of carbonyl (C=O) groups excluding carboxylic acids is 2. The molecule has 1 unspecified atom stereocenters. The van der Waals surface area contributed by atoms with E-state index in [1.165, 1.54) is 14.7 Å². The monoisotopic (exact) mass is 448 g/mol. The predicted octanol–water partition coefficient (Wildman–Crippen LogP) is 4.07. The highest BCUT2D eigenvalue weighted by Crippen LogP contribution is 2.31. The second kappa shape index (κ2) is 10.5. The molecule has 6 heteroatoms. The van der Waals surface area contributed by atoms with Crippen LogP contribution in [0.2, 0.25) is 0 Å². The summed E-state index contributed by atoms with van der Waals surface area (Å²) in [4.78, 5) is 29.3. The molecule has 1 aliphatic rings. The van der Waals surface area contributed by atoms with Gasteiger partial charge in [0.1, 0.15) is 12.6 Å². The number of nitrogens with zero attached hydrogens (tertiary/aromatic N) is 1. The summed E-state index contributed by atoms with van der Waals surface area (Å²) in [5, 5.41) is 0. The summed E-state index contributed by atoms with van der Waals surface area (Å²) in [6.07, 6.45) is 0.606. The summed E-state index contributed by atoms with van der Waals surface area (Å²) in [7, 11) is 1.53. The van der Waals surface area contributed by atoms with E-state index in [-0.39, 0.29) is 42.0 Å². The van der Waals surface area contributed by atoms with Crippen molar-refractivity contribution >= 4 is 22.8 Å². The zero-order chi connectivity index (χ0) is 22.3. The minimum Gasteiger partial charge on any atom is -0.464 e. The third kappa shape index (κ3) is 5.39. The molecule has 1 aliphatic heterocycles. The van der Waals surface area contributed by atoms with Crippen LogP contribution in [0.3, 0.4) is 0 Å². The summed E-state index contributed by atoms with van der Waals surface area (Å²) in [6, 6.07) is 28.8. The lowest BCUT2D eigenvalue weighted by Gasteiger charge is -2.19. The van der Waals surface area contributed by atoms with Crippen LogP contribution < -0.4 is 0 Å². The summed E-state index contributed by atoms with van der Waals surface area (Å²) < 4.78 is 10.4. The zero-order valence-corrected chi connectivity index (χ0v) is 18.8. The standard InChI is InChI=1S/C26H26NO4S/c1-27(24-16-17-30-26(24)29)18-25(28)31-19-20-12-14-23(15-13-20)32(21-8-4-2-5-9-21)22-10-6-3-7-11-22/h2-15,24H,16-19H2,1H3/q+1. The quantitative estimate of drug-likeness (QED) is 0.384. The SMILES string of the molecule is CN(CC(=O)OCc1ccc([S+](c2ccccc2)c2ccccc2)cc1)C1CCOC1=O. The predicted molar refractivity (Wildman–Crippen MR) is 123 cm³/mol. The highest BCUT2D eigenvalue weighted by atomic mass is 32.2. The van der Waals surface area contributed by atoms with Crippen LogP contribution in [-0.4, -0.2) is 43.1 Å². The number of esters is 2. The van der Waals surface area contributed by atoms with Crippen molar-refractivity contribution in [1.29, 1.82) is 0 Å². The van der Waals surface area contributed by atoms with E-state index in [2.05, 4.69) is 60.7 Å². The van der Waals surface area contributed by atoms with Gasteiger partial charge in [-0.1, -0.05) is 48.5 Å². The van der Waals surface area contributed by atoms with E-state index < -0.39 is 0 Å². The van der Waals surface area contributed by atoms with Gasteiger partial charge >= 0.3 is 11.9 Å². The molecule has 0 aliphatic carbocycles. The van der Waals surface area contributed by atoms with Crippen LogP contribution in [0.25, 0.3) is 0 Å². The molecule has 0 N–H and O–H groups in total. The first-order valence-electron chi connectivity index (χ1n) is 10.6. The number of benzene rings is 3. The molecule has 3 aromatic carbocycles. The van der Waals surface area contributed by atoms with Crippen LogP contribution in [-0.2, 0) is 36.6 Å². The Labute approximate surface area is 191 Å². The molecule has 0 spiro atoms. The Hall–Kier alpha value is -3.09. The van der Waals surface area contributed by atoms with Crippen molar-refractivity contribution in [1.82, 2.24) is 4.90 Å². The van der Waals surface area contributed by atoms with Crippen LogP contribution >= 0.6 is 0 Å². The number of likely N-dealkylation sites (N-methyl/N-ethyl adjacent to an activating group) is 1. The van der Waals surface area contributed by atoms with E-state index in [1.807, 2.05) is 24.3 Å². The molecule has 0 radical (unpaired) electrons. The largest absolute Gasteiger partial charge is 0.464 e. The van der Waals surface area contributed by atoms with Crippen molar-refractivity contribution in [2.75, 3.05) is 20.2 Å². The Morgan fingerprint density at radius 3 is 2.03 bits per heavy atom. The molecule has 5 nitrogen and oxygen atoms in total. The Bertz CT molecular complexity index is 1000. The summed E-state index contributed by atoms with van der Waals surface area (Å²) in [6.45, 7) is 0.665. The lowest BCUT2D eigenvalue weighted by atomic mass is 10.2. The highest BCUT2D eigenvalue weighted by molar-refractivity contribution is 7.97. The van der Waals surface area contributed by atoms with Crippen LogP contribution in [0.5, 0.6) is 0 Å². The molecule has 1 heterocycles. The van der Waals surface area contributed by atoms with Crippen molar-refractivity contribution in [2.24, 2.45) is 0 Å². The number of rotatable bonds is 8. The third-order valence-corrected chi connectivity index (χ3v) is 7.57. The highest BCUT2D eigenvalue weighted by Gasteiger charge is 2.31. The van der Waals surface area contributed by atoms with Gasteiger partial charge in [0.25, 0.3) is 0 Å². The number of hydrogen-bond acceptors (Lipinski definition) is 5. The van der Waals surface area contributed by atoms with Gasteiger partial charge in [-0.15, -0.1) is 0 Å². The maximum absolute atomic E-state index is 12.2. The van der Waals surface area contributed by atoms with Gasteiger partial charge in [0, 0.05) is 6.42 Å². The molecule has 1 atom stereocenters. The average Bonchev–Trinajstić information content (AvgIpc) is 3.26. The van der Waals surface area contributed by atoms with Gasteiger partial charge in [0.2, 0.25) is 0 Å². The van der Waals surface area contributed by atoms with Crippen molar-refractivity contribution in [3.8, 4) is 0 Å². The number of hydrogen-bond donors (Lipinski definition) is 0. The van der Waals surface area contributed by atoms with Crippen molar-refractivity contribution in [3.63, 3.8) is 0 Å². The molecule has 0 amide bonds. The summed E-state index contributed by atoms with van der Waals surface area (Å²) in [5.74, 6) is -0.632. The first-order chi connectivity index (χ1) is 15.6. The minimum atomic E-state index is -0.365. The van der Waals surface area contributed by atoms with Crippen LogP contribution in [0.15, 0.2) is 99.6 Å². The van der Waals surface area contributed by atoms with E-state index in [4.69, 9.17) is 9.47 Å². The normalized spacial score (nSPS) is 15.7. The fourth-order valence-electron chi connectivity index (χ4n) is 3.65. The van der Waals surface area contributed by atoms with Gasteiger partial charge in [-0.05, 0) is 49.0 Å². The van der Waals surface area contributed by atoms with Crippen molar-refractivity contribution in [2.45, 2.75) is 33.8 Å². The molecular formula is C26H26NO4S+. The van der Waals surface area contributed by atoms with Gasteiger partial charge in [-0.25, -0.2) is 0 Å². The summed E-state index contributed by atoms with van der Waals surface area (Å²) in [5.41, 5.74) is 0.926. The maximum Gasteiger partial charge on any atom is 0.323 e. The van der Waals surface area contributed by atoms with Crippen LogP contribution in [0.4, 0.5) is 0 Å². The lowest BCUT2D eigenvalue weighted by Crippen LogP contribution is -2.39. The molecule has 0 bridgehead atoms. The van der Waals surface area contributed by atoms with Gasteiger partial charge in [0.05, 0.1) is 24.0 Å². The Morgan fingerprint density at radius 1 is 0.938 bits per heavy atom. The fourth-order valence-corrected chi connectivity index (χ4v) is 5.74. The van der Waals surface area contributed by atoms with E-state index in [9.17, 15) is 9.59 Å². The molecule has 1 saturated heterocycles. The second-order valence-corrected chi connectivity index (χ2v) is 9.65. The average molecular weight is 449 g/mol. The first-order valence-corrected chi connectivity index (χ1v) is 11.8. The second-order valence-electron chi connectivity index (χ2n) is 7.62. The van der Waals surface area contributed by atoms with Gasteiger partial charge in [-0.3, -0.25) is 14.5 Å². The van der Waals surface area contributed by atoms with E-state index in [0.29, 0.717) is 13.0 Å². The molecule has 1 fully saturated rings.